The summed E-state index contributed by atoms with van der Waals surface area (Å²) in [5, 5.41) is 1.90. The van der Waals surface area contributed by atoms with Crippen molar-refractivity contribution in [2.75, 3.05) is 0 Å². The van der Waals surface area contributed by atoms with Crippen molar-refractivity contribution in [2.24, 2.45) is 16.8 Å². The van der Waals surface area contributed by atoms with Crippen LogP contribution >= 0.6 is 12.2 Å². The van der Waals surface area contributed by atoms with Gasteiger partial charge in [0.1, 0.15) is 0 Å². The number of carbonyl (C=O) groups excluding carboxylic acids is 1. The molecule has 1 aliphatic rings. The molecule has 1 rings (SSSR count). The van der Waals surface area contributed by atoms with E-state index in [4.69, 9.17) is 0 Å². The third-order valence-corrected chi connectivity index (χ3v) is 2.73. The van der Waals surface area contributed by atoms with E-state index in [1.807, 2.05) is 5.16 Å². The molecule has 6 heteroatoms. The maximum absolute atomic E-state index is 12.4. The number of rotatable bonds is 1. The summed E-state index contributed by atoms with van der Waals surface area (Å²) in [5.74, 6) is -2.58. The summed E-state index contributed by atoms with van der Waals surface area (Å²) in [5.41, 5.74) is 0. The van der Waals surface area contributed by atoms with E-state index >= 15 is 0 Å². The SMILES string of the molecule is O=C(N=C=S)C1CCCC(C(F)(F)F)C1. The van der Waals surface area contributed by atoms with Crippen molar-refractivity contribution < 1.29 is 18.0 Å². The highest BCUT2D eigenvalue weighted by molar-refractivity contribution is 7.78. The first kappa shape index (κ1) is 12.3. The Bertz CT molecular complexity index is 296. The van der Waals surface area contributed by atoms with Gasteiger partial charge in [0, 0.05) is 5.92 Å². The van der Waals surface area contributed by atoms with Crippen LogP contribution in [0.3, 0.4) is 0 Å². The van der Waals surface area contributed by atoms with Crippen LogP contribution in [0.1, 0.15) is 25.7 Å². The zero-order valence-corrected chi connectivity index (χ0v) is 8.70. The maximum atomic E-state index is 12.4. The van der Waals surface area contributed by atoms with Crippen molar-refractivity contribution in [2.45, 2.75) is 31.9 Å². The summed E-state index contributed by atoms with van der Waals surface area (Å²) >= 11 is 4.24. The Morgan fingerprint density at radius 2 is 2.07 bits per heavy atom. The Morgan fingerprint density at radius 3 is 2.60 bits per heavy atom. The molecule has 0 radical (unpaired) electrons. The summed E-state index contributed by atoms with van der Waals surface area (Å²) < 4.78 is 37.2. The van der Waals surface area contributed by atoms with Crippen molar-refractivity contribution in [3.63, 3.8) is 0 Å². The third-order valence-electron chi connectivity index (χ3n) is 2.64. The summed E-state index contributed by atoms with van der Waals surface area (Å²) in [6.45, 7) is 0. The number of hydrogen-bond acceptors (Lipinski definition) is 2. The van der Waals surface area contributed by atoms with Crippen molar-refractivity contribution >= 4 is 23.3 Å². The molecule has 0 saturated heterocycles. The van der Waals surface area contributed by atoms with Crippen LogP contribution in [-0.4, -0.2) is 17.2 Å². The molecule has 0 N–H and O–H groups in total. The molecule has 1 amide bonds. The lowest BCUT2D eigenvalue weighted by molar-refractivity contribution is -0.185. The molecule has 1 aliphatic carbocycles. The molecular weight excluding hydrogens is 227 g/mol. The molecule has 0 aromatic carbocycles. The molecule has 2 nitrogen and oxygen atoms in total. The largest absolute Gasteiger partial charge is 0.391 e. The highest BCUT2D eigenvalue weighted by atomic mass is 32.1. The lowest BCUT2D eigenvalue weighted by Gasteiger charge is -2.28. The van der Waals surface area contributed by atoms with Gasteiger partial charge >= 0.3 is 6.18 Å². The maximum Gasteiger partial charge on any atom is 0.391 e. The lowest BCUT2D eigenvalue weighted by Crippen LogP contribution is -2.31. The fourth-order valence-electron chi connectivity index (χ4n) is 1.85. The molecular formula is C9H10F3NOS. The number of nitrogens with zero attached hydrogens (tertiary/aromatic N) is 1. The van der Waals surface area contributed by atoms with Crippen LogP contribution in [0.25, 0.3) is 0 Å². The van der Waals surface area contributed by atoms with Gasteiger partial charge in [0.15, 0.2) is 0 Å². The van der Waals surface area contributed by atoms with E-state index < -0.39 is 23.9 Å². The van der Waals surface area contributed by atoms with E-state index in [2.05, 4.69) is 17.2 Å². The van der Waals surface area contributed by atoms with Gasteiger partial charge in [-0.25, -0.2) is 0 Å². The molecule has 2 unspecified atom stereocenters. The molecule has 15 heavy (non-hydrogen) atoms. The standard InChI is InChI=1S/C9H10F3NOS/c10-9(11,12)7-3-1-2-6(4-7)8(14)13-5-15/h6-7H,1-4H2. The number of aliphatic imine (C=N–C) groups is 1. The van der Waals surface area contributed by atoms with Gasteiger partial charge in [-0.1, -0.05) is 6.42 Å². The normalized spacial score (nSPS) is 26.9. The van der Waals surface area contributed by atoms with E-state index in [9.17, 15) is 18.0 Å². The highest BCUT2D eigenvalue weighted by Crippen LogP contribution is 2.40. The van der Waals surface area contributed by atoms with Gasteiger partial charge in [-0.15, -0.1) is 0 Å². The van der Waals surface area contributed by atoms with Crippen molar-refractivity contribution in [1.29, 1.82) is 0 Å². The summed E-state index contributed by atoms with van der Waals surface area (Å²) in [7, 11) is 0. The second-order valence-corrected chi connectivity index (χ2v) is 3.83. The van der Waals surface area contributed by atoms with E-state index in [0.717, 1.165) is 0 Å². The van der Waals surface area contributed by atoms with Gasteiger partial charge in [0.05, 0.1) is 11.1 Å². The molecule has 2 atom stereocenters. The van der Waals surface area contributed by atoms with Crippen LogP contribution in [0.15, 0.2) is 4.99 Å². The first-order chi connectivity index (χ1) is 6.95. The van der Waals surface area contributed by atoms with Crippen molar-refractivity contribution in [1.82, 2.24) is 0 Å². The Labute approximate surface area is 90.6 Å². The van der Waals surface area contributed by atoms with E-state index in [0.29, 0.717) is 12.8 Å². The molecule has 0 bridgehead atoms. The third kappa shape index (κ3) is 3.39. The van der Waals surface area contributed by atoms with Gasteiger partial charge in [0.2, 0.25) is 0 Å². The average Bonchev–Trinajstić information content (AvgIpc) is 2.17. The number of amides is 1. The minimum atomic E-state index is -4.21. The van der Waals surface area contributed by atoms with Crippen LogP contribution in [-0.2, 0) is 4.79 Å². The second kappa shape index (κ2) is 4.86. The van der Waals surface area contributed by atoms with Crippen LogP contribution < -0.4 is 0 Å². The zero-order valence-electron chi connectivity index (χ0n) is 7.88. The average molecular weight is 237 g/mol. The smallest absolute Gasteiger partial charge is 0.272 e. The molecule has 0 aromatic heterocycles. The van der Waals surface area contributed by atoms with Gasteiger partial charge in [-0.05, 0) is 31.5 Å². The van der Waals surface area contributed by atoms with E-state index in [-0.39, 0.29) is 12.8 Å². The quantitative estimate of drug-likeness (QED) is 0.518. The molecule has 0 aliphatic heterocycles. The zero-order chi connectivity index (χ0) is 11.5. The van der Waals surface area contributed by atoms with E-state index in [1.165, 1.54) is 0 Å². The Morgan fingerprint density at radius 1 is 1.40 bits per heavy atom. The molecule has 0 heterocycles. The van der Waals surface area contributed by atoms with Gasteiger partial charge < -0.3 is 0 Å². The van der Waals surface area contributed by atoms with Crippen LogP contribution in [0.2, 0.25) is 0 Å². The predicted molar refractivity (Wildman–Crippen MR) is 51.5 cm³/mol. The molecule has 1 saturated carbocycles. The van der Waals surface area contributed by atoms with Crippen molar-refractivity contribution in [3.05, 3.63) is 0 Å². The lowest BCUT2D eigenvalue weighted by atomic mass is 9.81. The Balaban J connectivity index is 2.64. The van der Waals surface area contributed by atoms with Gasteiger partial charge in [0.25, 0.3) is 5.91 Å². The summed E-state index contributed by atoms with van der Waals surface area (Å²) in [4.78, 5) is 14.4. The second-order valence-electron chi connectivity index (χ2n) is 3.64. The van der Waals surface area contributed by atoms with Gasteiger partial charge in [-0.2, -0.15) is 18.2 Å². The predicted octanol–water partition coefficient (Wildman–Crippen LogP) is 2.98. The van der Waals surface area contributed by atoms with Gasteiger partial charge in [-0.3, -0.25) is 4.79 Å². The Hall–Kier alpha value is -0.740. The Kier molecular flexibility index (Phi) is 3.99. The fourth-order valence-corrected chi connectivity index (χ4v) is 1.94. The molecule has 1 fully saturated rings. The first-order valence-electron chi connectivity index (χ1n) is 4.63. The number of halogens is 3. The van der Waals surface area contributed by atoms with Crippen LogP contribution in [0, 0.1) is 11.8 Å². The fraction of sp³-hybridized carbons (Fsp3) is 0.778. The summed E-state index contributed by atoms with van der Waals surface area (Å²) in [6.07, 6.45) is -3.39. The molecule has 0 aromatic rings. The van der Waals surface area contributed by atoms with E-state index in [1.54, 1.807) is 0 Å². The molecule has 0 spiro atoms. The van der Waals surface area contributed by atoms with Crippen LogP contribution in [0.4, 0.5) is 13.2 Å². The minimum absolute atomic E-state index is 0.106. The highest BCUT2D eigenvalue weighted by Gasteiger charge is 2.43. The first-order valence-corrected chi connectivity index (χ1v) is 5.04. The number of thiocarbonyl (C=S) groups is 1. The number of alkyl halides is 3. The molecule has 84 valence electrons. The number of carbonyl (C=O) groups is 1. The van der Waals surface area contributed by atoms with Crippen molar-refractivity contribution in [3.8, 4) is 0 Å². The van der Waals surface area contributed by atoms with Crippen LogP contribution in [0.5, 0.6) is 0 Å². The minimum Gasteiger partial charge on any atom is -0.272 e. The number of isothiocyanates is 1. The summed E-state index contributed by atoms with van der Waals surface area (Å²) in [6, 6.07) is 0. The monoisotopic (exact) mass is 237 g/mol. The topological polar surface area (TPSA) is 29.4 Å². The number of hydrogen-bond donors (Lipinski definition) is 0.